The van der Waals surface area contributed by atoms with Crippen LogP contribution in [0.1, 0.15) is 19.3 Å². The van der Waals surface area contributed by atoms with E-state index in [0.717, 1.165) is 0 Å². The zero-order chi connectivity index (χ0) is 16.0. The summed E-state index contributed by atoms with van der Waals surface area (Å²) in [4.78, 5) is 11.0. The molecule has 0 aromatic heterocycles. The van der Waals surface area contributed by atoms with Crippen LogP contribution < -0.4 is 0 Å². The molecule has 0 aromatic rings. The lowest BCUT2D eigenvalue weighted by atomic mass is 9.83. The normalized spacial score (nSPS) is 12.4. The minimum absolute atomic E-state index is 1.02. The van der Waals surface area contributed by atoms with Gasteiger partial charge in [0.2, 0.25) is 0 Å². The molecule has 10 heteroatoms. The van der Waals surface area contributed by atoms with Gasteiger partial charge in [0.05, 0.1) is 18.6 Å². The van der Waals surface area contributed by atoms with Crippen molar-refractivity contribution in [2.45, 2.75) is 31.6 Å². The van der Waals surface area contributed by atoms with Gasteiger partial charge in [-0.05, 0) is 6.42 Å². The second kappa shape index (κ2) is 6.46. The van der Waals surface area contributed by atoms with Gasteiger partial charge in [-0.25, -0.2) is 0 Å². The maximum atomic E-state index is 12.0. The van der Waals surface area contributed by atoms with Crippen molar-refractivity contribution in [2.24, 2.45) is 5.41 Å². The lowest BCUT2D eigenvalue weighted by molar-refractivity contribution is -0.187. The predicted octanol–water partition coefficient (Wildman–Crippen LogP) is 2.86. The number of hydrogen-bond donors (Lipinski definition) is 0. The number of alkyl halides is 6. The second-order valence-corrected chi connectivity index (χ2v) is 3.87. The van der Waals surface area contributed by atoms with E-state index in [0.29, 0.717) is 0 Å². The first-order valence-electron chi connectivity index (χ1n) is 5.05. The Labute approximate surface area is 109 Å². The fourth-order valence-electron chi connectivity index (χ4n) is 1.12. The van der Waals surface area contributed by atoms with Crippen molar-refractivity contribution in [3.05, 3.63) is 0 Å². The number of halogens is 6. The molecule has 0 saturated heterocycles. The van der Waals surface area contributed by atoms with Gasteiger partial charge >= 0.3 is 18.3 Å². The summed E-state index contributed by atoms with van der Waals surface area (Å²) in [5.74, 6) is -1.56. The van der Waals surface area contributed by atoms with Crippen molar-refractivity contribution in [1.29, 1.82) is 10.5 Å². The number of nitrogens with zero attached hydrogens (tertiary/aromatic N) is 2. The quantitative estimate of drug-likeness (QED) is 0.578. The molecule has 0 atom stereocenters. The van der Waals surface area contributed by atoms with Gasteiger partial charge in [-0.3, -0.25) is 4.79 Å². The first-order chi connectivity index (χ1) is 8.93. The monoisotopic (exact) mass is 302 g/mol. The van der Waals surface area contributed by atoms with E-state index in [1.807, 2.05) is 0 Å². The van der Waals surface area contributed by atoms with Crippen LogP contribution in [0, 0.1) is 28.1 Å². The summed E-state index contributed by atoms with van der Waals surface area (Å²) >= 11 is 0. The van der Waals surface area contributed by atoms with Crippen molar-refractivity contribution in [2.75, 3.05) is 6.61 Å². The lowest BCUT2D eigenvalue weighted by Crippen LogP contribution is -2.27. The number of carbonyl (C=O) groups is 1. The van der Waals surface area contributed by atoms with E-state index in [2.05, 4.69) is 4.74 Å². The van der Waals surface area contributed by atoms with Gasteiger partial charge < -0.3 is 4.74 Å². The lowest BCUT2D eigenvalue weighted by Gasteiger charge is -2.18. The molecular formula is C10H8F6N2O2. The highest BCUT2D eigenvalue weighted by molar-refractivity contribution is 5.71. The minimum Gasteiger partial charge on any atom is -0.456 e. The van der Waals surface area contributed by atoms with Crippen LogP contribution in [0.2, 0.25) is 0 Å². The maximum absolute atomic E-state index is 12.0. The summed E-state index contributed by atoms with van der Waals surface area (Å²) < 4.78 is 75.1. The molecule has 0 heterocycles. The van der Waals surface area contributed by atoms with Crippen LogP contribution in [0.4, 0.5) is 26.3 Å². The smallest absolute Gasteiger partial charge is 0.422 e. The minimum atomic E-state index is -4.80. The van der Waals surface area contributed by atoms with E-state index in [1.165, 1.54) is 12.1 Å². The summed E-state index contributed by atoms with van der Waals surface area (Å²) in [5.41, 5.74) is -2.36. The van der Waals surface area contributed by atoms with Crippen LogP contribution in [0.25, 0.3) is 0 Å². The molecule has 0 rings (SSSR count). The molecule has 20 heavy (non-hydrogen) atoms. The maximum Gasteiger partial charge on any atom is 0.422 e. The van der Waals surface area contributed by atoms with Crippen LogP contribution in [0.15, 0.2) is 0 Å². The van der Waals surface area contributed by atoms with Crippen molar-refractivity contribution < 1.29 is 35.9 Å². The largest absolute Gasteiger partial charge is 0.456 e. The molecule has 0 bridgehead atoms. The van der Waals surface area contributed by atoms with Crippen LogP contribution >= 0.6 is 0 Å². The van der Waals surface area contributed by atoms with Crippen LogP contribution in [0.5, 0.6) is 0 Å². The van der Waals surface area contributed by atoms with Crippen molar-refractivity contribution in [3.63, 3.8) is 0 Å². The molecular weight excluding hydrogens is 294 g/mol. The highest BCUT2D eigenvalue weighted by Crippen LogP contribution is 2.33. The summed E-state index contributed by atoms with van der Waals surface area (Å²) in [6.45, 7) is -1.93. The second-order valence-electron chi connectivity index (χ2n) is 3.87. The Hall–Kier alpha value is -1.97. The highest BCUT2D eigenvalue weighted by atomic mass is 19.4. The van der Waals surface area contributed by atoms with E-state index in [9.17, 15) is 31.1 Å². The molecule has 112 valence electrons. The first-order valence-corrected chi connectivity index (χ1v) is 5.05. The van der Waals surface area contributed by atoms with Crippen molar-refractivity contribution in [1.82, 2.24) is 0 Å². The average molecular weight is 302 g/mol. The molecule has 0 unspecified atom stereocenters. The summed E-state index contributed by atoms with van der Waals surface area (Å²) in [6.07, 6.45) is -13.2. The van der Waals surface area contributed by atoms with Crippen molar-refractivity contribution in [3.8, 4) is 12.1 Å². The van der Waals surface area contributed by atoms with E-state index in [4.69, 9.17) is 10.5 Å². The molecule has 0 spiro atoms. The Kier molecular flexibility index (Phi) is 5.82. The third kappa shape index (κ3) is 7.46. The fourth-order valence-corrected chi connectivity index (χ4v) is 1.12. The number of ether oxygens (including phenoxy) is 1. The zero-order valence-corrected chi connectivity index (χ0v) is 9.81. The Bertz CT molecular complexity index is 415. The number of rotatable bonds is 5. The van der Waals surface area contributed by atoms with E-state index in [-0.39, 0.29) is 0 Å². The first kappa shape index (κ1) is 18.0. The Morgan fingerprint density at radius 2 is 1.45 bits per heavy atom. The molecule has 0 fully saturated rings. The summed E-state index contributed by atoms with van der Waals surface area (Å²) in [5, 5.41) is 17.4. The molecule has 0 N–H and O–H groups in total. The Morgan fingerprint density at radius 3 is 1.80 bits per heavy atom. The van der Waals surface area contributed by atoms with E-state index in [1.54, 1.807) is 0 Å². The van der Waals surface area contributed by atoms with Gasteiger partial charge in [-0.2, -0.15) is 36.9 Å². The molecule has 0 amide bonds. The average Bonchev–Trinajstić information content (AvgIpc) is 2.30. The number of esters is 1. The third-order valence-corrected chi connectivity index (χ3v) is 2.11. The standard InChI is InChI=1S/C10H8F6N2O2/c11-9(12,13)2-1-8(4-17,5-18)3-7(19)20-6-10(14,15)16/h1-3,6H2. The number of nitriles is 2. The predicted molar refractivity (Wildman–Crippen MR) is 50.6 cm³/mol. The number of carbonyl (C=O) groups excluding carboxylic acids is 1. The van der Waals surface area contributed by atoms with Crippen molar-refractivity contribution >= 4 is 5.97 Å². The molecule has 0 saturated carbocycles. The van der Waals surface area contributed by atoms with Crippen LogP contribution in [-0.2, 0) is 9.53 Å². The van der Waals surface area contributed by atoms with Gasteiger partial charge in [0.1, 0.15) is 0 Å². The topological polar surface area (TPSA) is 73.9 Å². The summed E-state index contributed by atoms with van der Waals surface area (Å²) in [7, 11) is 0. The summed E-state index contributed by atoms with van der Waals surface area (Å²) in [6, 6.07) is 2.45. The van der Waals surface area contributed by atoms with Gasteiger partial charge in [0.25, 0.3) is 0 Å². The molecule has 0 aliphatic rings. The molecule has 0 aromatic carbocycles. The number of hydrogen-bond acceptors (Lipinski definition) is 4. The molecule has 0 radical (unpaired) electrons. The van der Waals surface area contributed by atoms with Crippen LogP contribution in [-0.4, -0.2) is 24.9 Å². The van der Waals surface area contributed by atoms with Gasteiger partial charge in [-0.1, -0.05) is 0 Å². The zero-order valence-electron chi connectivity index (χ0n) is 9.81. The van der Waals surface area contributed by atoms with Crippen LogP contribution in [0.3, 0.4) is 0 Å². The Morgan fingerprint density at radius 1 is 0.950 bits per heavy atom. The van der Waals surface area contributed by atoms with Gasteiger partial charge in [0, 0.05) is 6.42 Å². The third-order valence-electron chi connectivity index (χ3n) is 2.11. The fraction of sp³-hybridized carbons (Fsp3) is 0.700. The Balaban J connectivity index is 4.67. The van der Waals surface area contributed by atoms with E-state index < -0.39 is 49.6 Å². The van der Waals surface area contributed by atoms with E-state index >= 15 is 0 Å². The molecule has 4 nitrogen and oxygen atoms in total. The molecule has 0 aliphatic carbocycles. The van der Waals surface area contributed by atoms with Gasteiger partial charge in [-0.15, -0.1) is 0 Å². The highest BCUT2D eigenvalue weighted by Gasteiger charge is 2.40. The van der Waals surface area contributed by atoms with Gasteiger partial charge in [0.15, 0.2) is 12.0 Å². The SMILES string of the molecule is N#CC(C#N)(CCC(F)(F)F)CC(=O)OCC(F)(F)F. The molecule has 0 aliphatic heterocycles.